The number of hydrogen-bond acceptors (Lipinski definition) is 3. The normalized spacial score (nSPS) is 12.2. The second-order valence-electron chi connectivity index (χ2n) is 3.41. The molecular formula is C10H12Cl2N2O2. The number of aliphatic hydroxyl groups excluding tert-OH is 1. The van der Waals surface area contributed by atoms with Crippen LogP contribution in [0.2, 0.25) is 10.0 Å². The Labute approximate surface area is 103 Å². The third kappa shape index (κ3) is 3.01. The Morgan fingerprint density at radius 1 is 1.50 bits per heavy atom. The van der Waals surface area contributed by atoms with Crippen LogP contribution in [0.1, 0.15) is 17.3 Å². The van der Waals surface area contributed by atoms with E-state index in [2.05, 4.69) is 5.32 Å². The second kappa shape index (κ2) is 5.39. The van der Waals surface area contributed by atoms with Crippen LogP contribution in [0.5, 0.6) is 0 Å². The fourth-order valence-corrected chi connectivity index (χ4v) is 1.56. The molecule has 1 atom stereocenters. The van der Waals surface area contributed by atoms with Gasteiger partial charge in [0.15, 0.2) is 0 Å². The average molecular weight is 263 g/mol. The number of amides is 1. The number of anilines is 1. The minimum atomic E-state index is -0.356. The molecule has 0 aromatic heterocycles. The molecule has 6 heteroatoms. The number of aliphatic hydroxyl groups is 1. The SMILES string of the molecule is C[C@@H](CO)NC(=O)c1cc(Cl)c(N)c(Cl)c1. The molecular weight excluding hydrogens is 251 g/mol. The van der Waals surface area contributed by atoms with Gasteiger partial charge < -0.3 is 16.2 Å². The van der Waals surface area contributed by atoms with Crippen molar-refractivity contribution in [2.24, 2.45) is 0 Å². The molecule has 88 valence electrons. The number of nitrogen functional groups attached to an aromatic ring is 1. The van der Waals surface area contributed by atoms with E-state index in [1.807, 2.05) is 0 Å². The van der Waals surface area contributed by atoms with E-state index in [1.165, 1.54) is 12.1 Å². The third-order valence-corrected chi connectivity index (χ3v) is 2.62. The van der Waals surface area contributed by atoms with E-state index in [0.29, 0.717) is 5.56 Å². The lowest BCUT2D eigenvalue weighted by molar-refractivity contribution is 0.0922. The Morgan fingerprint density at radius 3 is 2.44 bits per heavy atom. The molecule has 16 heavy (non-hydrogen) atoms. The van der Waals surface area contributed by atoms with Crippen molar-refractivity contribution in [3.63, 3.8) is 0 Å². The summed E-state index contributed by atoms with van der Waals surface area (Å²) in [4.78, 5) is 11.6. The lowest BCUT2D eigenvalue weighted by Crippen LogP contribution is -2.35. The minimum absolute atomic E-state index is 0.137. The highest BCUT2D eigenvalue weighted by Crippen LogP contribution is 2.28. The zero-order valence-electron chi connectivity index (χ0n) is 8.63. The van der Waals surface area contributed by atoms with Gasteiger partial charge in [0.2, 0.25) is 0 Å². The van der Waals surface area contributed by atoms with E-state index in [4.69, 9.17) is 34.0 Å². The van der Waals surface area contributed by atoms with Gasteiger partial charge >= 0.3 is 0 Å². The standard InChI is InChI=1S/C10H12Cl2N2O2/c1-5(4-15)14-10(16)6-2-7(11)9(13)8(12)3-6/h2-3,5,15H,4,13H2,1H3,(H,14,16)/t5-/m0/s1. The summed E-state index contributed by atoms with van der Waals surface area (Å²) in [5, 5.41) is 11.8. The van der Waals surface area contributed by atoms with Gasteiger partial charge in [0.05, 0.1) is 22.3 Å². The smallest absolute Gasteiger partial charge is 0.251 e. The summed E-state index contributed by atoms with van der Waals surface area (Å²) >= 11 is 11.6. The molecule has 4 N–H and O–H groups in total. The topological polar surface area (TPSA) is 75.3 Å². The molecule has 1 aromatic carbocycles. The molecule has 0 saturated heterocycles. The zero-order chi connectivity index (χ0) is 12.3. The maximum Gasteiger partial charge on any atom is 0.251 e. The van der Waals surface area contributed by atoms with Gasteiger partial charge in [-0.25, -0.2) is 0 Å². The third-order valence-electron chi connectivity index (χ3n) is 1.99. The highest BCUT2D eigenvalue weighted by Gasteiger charge is 2.12. The molecule has 0 spiro atoms. The molecule has 1 rings (SSSR count). The molecule has 1 amide bonds. The van der Waals surface area contributed by atoms with Crippen LogP contribution >= 0.6 is 23.2 Å². The van der Waals surface area contributed by atoms with Crippen molar-refractivity contribution in [3.8, 4) is 0 Å². The molecule has 4 nitrogen and oxygen atoms in total. The Kier molecular flexibility index (Phi) is 4.41. The fourth-order valence-electron chi connectivity index (χ4n) is 1.07. The number of nitrogens with one attached hydrogen (secondary N) is 1. The predicted octanol–water partition coefficient (Wildman–Crippen LogP) is 1.69. The number of halogens is 2. The summed E-state index contributed by atoms with van der Waals surface area (Å²) in [7, 11) is 0. The average Bonchev–Trinajstić information content (AvgIpc) is 2.24. The molecule has 0 fully saturated rings. The summed E-state index contributed by atoms with van der Waals surface area (Å²) in [6.45, 7) is 1.54. The maximum atomic E-state index is 11.6. The lowest BCUT2D eigenvalue weighted by Gasteiger charge is -2.11. The van der Waals surface area contributed by atoms with Crippen molar-refractivity contribution in [3.05, 3.63) is 27.7 Å². The Morgan fingerprint density at radius 2 is 2.00 bits per heavy atom. The lowest BCUT2D eigenvalue weighted by atomic mass is 10.2. The number of benzene rings is 1. The first-order chi connectivity index (χ1) is 7.45. The van der Waals surface area contributed by atoms with E-state index in [0.717, 1.165) is 0 Å². The van der Waals surface area contributed by atoms with Crippen molar-refractivity contribution in [1.82, 2.24) is 5.32 Å². The van der Waals surface area contributed by atoms with Crippen LogP contribution in [0, 0.1) is 0 Å². The van der Waals surface area contributed by atoms with Gasteiger partial charge in [-0.05, 0) is 19.1 Å². The molecule has 0 aliphatic heterocycles. The monoisotopic (exact) mass is 262 g/mol. The van der Waals surface area contributed by atoms with Crippen LogP contribution < -0.4 is 11.1 Å². The first-order valence-electron chi connectivity index (χ1n) is 4.62. The molecule has 0 heterocycles. The van der Waals surface area contributed by atoms with Crippen molar-refractivity contribution in [1.29, 1.82) is 0 Å². The Balaban J connectivity index is 2.93. The largest absolute Gasteiger partial charge is 0.396 e. The van der Waals surface area contributed by atoms with Gasteiger partial charge in [0.25, 0.3) is 5.91 Å². The molecule has 0 bridgehead atoms. The van der Waals surface area contributed by atoms with Gasteiger partial charge in [-0.15, -0.1) is 0 Å². The van der Waals surface area contributed by atoms with Crippen molar-refractivity contribution in [2.45, 2.75) is 13.0 Å². The molecule has 1 aromatic rings. The fraction of sp³-hybridized carbons (Fsp3) is 0.300. The van der Waals surface area contributed by atoms with Crippen LogP contribution in [0.25, 0.3) is 0 Å². The number of rotatable bonds is 3. The highest BCUT2D eigenvalue weighted by molar-refractivity contribution is 6.39. The van der Waals surface area contributed by atoms with Crippen LogP contribution in [0.4, 0.5) is 5.69 Å². The van der Waals surface area contributed by atoms with E-state index < -0.39 is 0 Å². The van der Waals surface area contributed by atoms with Crippen LogP contribution in [-0.2, 0) is 0 Å². The van der Waals surface area contributed by atoms with Crippen molar-refractivity contribution >= 4 is 34.8 Å². The van der Waals surface area contributed by atoms with E-state index in [-0.39, 0.29) is 34.3 Å². The quantitative estimate of drug-likeness (QED) is 0.726. The zero-order valence-corrected chi connectivity index (χ0v) is 10.1. The van der Waals surface area contributed by atoms with Gasteiger partial charge in [-0.1, -0.05) is 23.2 Å². The maximum absolute atomic E-state index is 11.6. The van der Waals surface area contributed by atoms with Crippen LogP contribution in [-0.4, -0.2) is 23.7 Å². The summed E-state index contributed by atoms with van der Waals surface area (Å²) in [6.07, 6.45) is 0. The number of carbonyl (C=O) groups is 1. The molecule has 0 radical (unpaired) electrons. The molecule has 0 saturated carbocycles. The number of hydrogen-bond donors (Lipinski definition) is 3. The van der Waals surface area contributed by atoms with Crippen LogP contribution in [0.15, 0.2) is 12.1 Å². The molecule has 0 aliphatic carbocycles. The van der Waals surface area contributed by atoms with E-state index in [1.54, 1.807) is 6.92 Å². The molecule has 0 unspecified atom stereocenters. The van der Waals surface area contributed by atoms with E-state index in [9.17, 15) is 4.79 Å². The number of carbonyl (C=O) groups excluding carboxylic acids is 1. The van der Waals surface area contributed by atoms with E-state index >= 15 is 0 Å². The van der Waals surface area contributed by atoms with Crippen molar-refractivity contribution < 1.29 is 9.90 Å². The Bertz CT molecular complexity index is 387. The van der Waals surface area contributed by atoms with Gasteiger partial charge in [-0.3, -0.25) is 4.79 Å². The summed E-state index contributed by atoms with van der Waals surface area (Å²) < 4.78 is 0. The van der Waals surface area contributed by atoms with Gasteiger partial charge in [-0.2, -0.15) is 0 Å². The van der Waals surface area contributed by atoms with Crippen molar-refractivity contribution in [2.75, 3.05) is 12.3 Å². The van der Waals surface area contributed by atoms with Gasteiger partial charge in [0.1, 0.15) is 0 Å². The predicted molar refractivity (Wildman–Crippen MR) is 64.9 cm³/mol. The first-order valence-corrected chi connectivity index (χ1v) is 5.37. The molecule has 0 aliphatic rings. The number of nitrogens with two attached hydrogens (primary N) is 1. The summed E-state index contributed by atoms with van der Waals surface area (Å²) in [6, 6.07) is 2.53. The van der Waals surface area contributed by atoms with Crippen LogP contribution in [0.3, 0.4) is 0 Å². The second-order valence-corrected chi connectivity index (χ2v) is 4.23. The summed E-state index contributed by atoms with van der Waals surface area (Å²) in [5.74, 6) is -0.356. The minimum Gasteiger partial charge on any atom is -0.396 e. The highest BCUT2D eigenvalue weighted by atomic mass is 35.5. The first kappa shape index (κ1) is 13.1. The summed E-state index contributed by atoms with van der Waals surface area (Å²) in [5.41, 5.74) is 6.10. The Hall–Kier alpha value is -0.970. The van der Waals surface area contributed by atoms with Gasteiger partial charge in [0, 0.05) is 11.6 Å².